The summed E-state index contributed by atoms with van der Waals surface area (Å²) >= 11 is 0. The van der Waals surface area contributed by atoms with E-state index in [9.17, 15) is 9.90 Å². The van der Waals surface area contributed by atoms with Crippen LogP contribution in [0.5, 0.6) is 0 Å². The number of carbonyl (C=O) groups excluding carboxylic acids is 1. The van der Waals surface area contributed by atoms with E-state index in [0.29, 0.717) is 32.1 Å². The highest BCUT2D eigenvalue weighted by Crippen LogP contribution is 2.02. The molecule has 5 heteroatoms. The minimum absolute atomic E-state index is 0.127. The predicted molar refractivity (Wildman–Crippen MR) is 58.6 cm³/mol. The maximum absolute atomic E-state index is 10.9. The number of amides is 1. The van der Waals surface area contributed by atoms with Gasteiger partial charge in [0.15, 0.2) is 0 Å². The Balaban J connectivity index is 2.11. The SMILES string of the molecule is CN(C)CC(O)CNC1CCC(=O)NC1. The van der Waals surface area contributed by atoms with E-state index in [0.717, 1.165) is 6.42 Å². The molecule has 2 unspecified atom stereocenters. The van der Waals surface area contributed by atoms with Crippen molar-refractivity contribution in [1.29, 1.82) is 0 Å². The monoisotopic (exact) mass is 215 g/mol. The van der Waals surface area contributed by atoms with Gasteiger partial charge in [-0.05, 0) is 20.5 Å². The van der Waals surface area contributed by atoms with Gasteiger partial charge in [-0.15, -0.1) is 0 Å². The first-order chi connectivity index (χ1) is 7.08. The van der Waals surface area contributed by atoms with Crippen molar-refractivity contribution in [2.24, 2.45) is 0 Å². The molecule has 1 saturated heterocycles. The first kappa shape index (κ1) is 12.4. The van der Waals surface area contributed by atoms with E-state index in [1.54, 1.807) is 0 Å². The van der Waals surface area contributed by atoms with Crippen LogP contribution in [0.3, 0.4) is 0 Å². The second kappa shape index (κ2) is 6.05. The van der Waals surface area contributed by atoms with E-state index in [1.165, 1.54) is 0 Å². The highest BCUT2D eigenvalue weighted by molar-refractivity contribution is 5.76. The Morgan fingerprint density at radius 1 is 1.67 bits per heavy atom. The van der Waals surface area contributed by atoms with Gasteiger partial charge in [0.25, 0.3) is 0 Å². The third-order valence-electron chi connectivity index (χ3n) is 2.48. The largest absolute Gasteiger partial charge is 0.390 e. The van der Waals surface area contributed by atoms with Gasteiger partial charge in [-0.25, -0.2) is 0 Å². The van der Waals surface area contributed by atoms with Crippen LogP contribution in [0.25, 0.3) is 0 Å². The zero-order valence-electron chi connectivity index (χ0n) is 9.49. The molecule has 0 aliphatic carbocycles. The van der Waals surface area contributed by atoms with Gasteiger partial charge in [0.2, 0.25) is 5.91 Å². The fraction of sp³-hybridized carbons (Fsp3) is 0.900. The molecule has 2 atom stereocenters. The van der Waals surface area contributed by atoms with Crippen molar-refractivity contribution in [2.45, 2.75) is 25.0 Å². The molecule has 0 bridgehead atoms. The average molecular weight is 215 g/mol. The van der Waals surface area contributed by atoms with E-state index in [1.807, 2.05) is 19.0 Å². The van der Waals surface area contributed by atoms with Gasteiger partial charge in [0.1, 0.15) is 0 Å². The highest BCUT2D eigenvalue weighted by Gasteiger charge is 2.18. The standard InChI is InChI=1S/C10H21N3O2/c1-13(2)7-9(14)6-11-8-3-4-10(15)12-5-8/h8-9,11,14H,3-7H2,1-2H3,(H,12,15). The van der Waals surface area contributed by atoms with Crippen LogP contribution in [0.2, 0.25) is 0 Å². The molecule has 15 heavy (non-hydrogen) atoms. The lowest BCUT2D eigenvalue weighted by molar-refractivity contribution is -0.122. The highest BCUT2D eigenvalue weighted by atomic mass is 16.3. The summed E-state index contributed by atoms with van der Waals surface area (Å²) in [5.74, 6) is 0.127. The Labute approximate surface area is 90.8 Å². The van der Waals surface area contributed by atoms with Crippen molar-refractivity contribution in [1.82, 2.24) is 15.5 Å². The van der Waals surface area contributed by atoms with E-state index in [4.69, 9.17) is 0 Å². The van der Waals surface area contributed by atoms with E-state index >= 15 is 0 Å². The Bertz CT molecular complexity index is 199. The Kier molecular flexibility index (Phi) is 5.01. The molecular formula is C10H21N3O2. The number of rotatable bonds is 5. The molecule has 0 aromatic rings. The molecular weight excluding hydrogens is 194 g/mol. The van der Waals surface area contributed by atoms with Gasteiger partial charge in [0.05, 0.1) is 6.10 Å². The molecule has 1 aliphatic rings. The molecule has 0 saturated carbocycles. The fourth-order valence-corrected chi connectivity index (χ4v) is 1.70. The summed E-state index contributed by atoms with van der Waals surface area (Å²) in [7, 11) is 3.87. The number of aliphatic hydroxyl groups is 1. The van der Waals surface area contributed by atoms with Gasteiger partial charge < -0.3 is 20.6 Å². The summed E-state index contributed by atoms with van der Waals surface area (Å²) in [6.45, 7) is 1.91. The maximum atomic E-state index is 10.9. The summed E-state index contributed by atoms with van der Waals surface area (Å²) in [6, 6.07) is 0.305. The third-order valence-corrected chi connectivity index (χ3v) is 2.48. The quantitative estimate of drug-likeness (QED) is 0.538. The molecule has 3 N–H and O–H groups in total. The second-order valence-electron chi connectivity index (χ2n) is 4.36. The van der Waals surface area contributed by atoms with Gasteiger partial charge >= 0.3 is 0 Å². The number of hydrogen-bond acceptors (Lipinski definition) is 4. The van der Waals surface area contributed by atoms with Crippen LogP contribution in [0.1, 0.15) is 12.8 Å². The van der Waals surface area contributed by atoms with Crippen molar-refractivity contribution in [3.8, 4) is 0 Å². The van der Waals surface area contributed by atoms with Gasteiger partial charge in [-0.2, -0.15) is 0 Å². The predicted octanol–water partition coefficient (Wildman–Crippen LogP) is -1.22. The molecule has 1 aliphatic heterocycles. The van der Waals surface area contributed by atoms with Crippen molar-refractivity contribution in [3.05, 3.63) is 0 Å². The lowest BCUT2D eigenvalue weighted by Gasteiger charge is -2.25. The molecule has 1 fully saturated rings. The number of hydrogen-bond donors (Lipinski definition) is 3. The van der Waals surface area contributed by atoms with Crippen molar-refractivity contribution in [3.63, 3.8) is 0 Å². The summed E-state index contributed by atoms with van der Waals surface area (Å²) in [4.78, 5) is 12.9. The third kappa shape index (κ3) is 5.11. The molecule has 88 valence electrons. The van der Waals surface area contributed by atoms with Crippen molar-refractivity contribution >= 4 is 5.91 Å². The van der Waals surface area contributed by atoms with Crippen LogP contribution in [-0.4, -0.2) is 61.8 Å². The lowest BCUT2D eigenvalue weighted by Crippen LogP contribution is -2.48. The summed E-state index contributed by atoms with van der Waals surface area (Å²) in [6.07, 6.45) is 1.10. The molecule has 1 rings (SSSR count). The van der Waals surface area contributed by atoms with E-state index in [-0.39, 0.29) is 12.0 Å². The number of nitrogens with zero attached hydrogens (tertiary/aromatic N) is 1. The zero-order valence-corrected chi connectivity index (χ0v) is 9.49. The molecule has 1 amide bonds. The van der Waals surface area contributed by atoms with Crippen LogP contribution in [0.15, 0.2) is 0 Å². The lowest BCUT2D eigenvalue weighted by atomic mass is 10.1. The minimum atomic E-state index is -0.349. The minimum Gasteiger partial charge on any atom is -0.390 e. The number of nitrogens with one attached hydrogen (secondary N) is 2. The van der Waals surface area contributed by atoms with Gasteiger partial charge in [-0.3, -0.25) is 4.79 Å². The first-order valence-electron chi connectivity index (χ1n) is 5.41. The first-order valence-corrected chi connectivity index (χ1v) is 5.41. The van der Waals surface area contributed by atoms with E-state index in [2.05, 4.69) is 10.6 Å². The summed E-state index contributed by atoms with van der Waals surface area (Å²) < 4.78 is 0. The van der Waals surface area contributed by atoms with Crippen molar-refractivity contribution in [2.75, 3.05) is 33.7 Å². The molecule has 5 nitrogen and oxygen atoms in total. The van der Waals surface area contributed by atoms with Crippen LogP contribution >= 0.6 is 0 Å². The molecule has 0 spiro atoms. The van der Waals surface area contributed by atoms with Crippen LogP contribution in [-0.2, 0) is 4.79 Å². The summed E-state index contributed by atoms with van der Waals surface area (Å²) in [5.41, 5.74) is 0. The molecule has 1 heterocycles. The number of carbonyl (C=O) groups is 1. The molecule has 0 aromatic carbocycles. The van der Waals surface area contributed by atoms with E-state index < -0.39 is 0 Å². The second-order valence-corrected chi connectivity index (χ2v) is 4.36. The van der Waals surface area contributed by atoms with Crippen molar-refractivity contribution < 1.29 is 9.90 Å². The van der Waals surface area contributed by atoms with Crippen LogP contribution in [0.4, 0.5) is 0 Å². The van der Waals surface area contributed by atoms with Crippen LogP contribution < -0.4 is 10.6 Å². The molecule has 0 aromatic heterocycles. The Morgan fingerprint density at radius 2 is 2.40 bits per heavy atom. The maximum Gasteiger partial charge on any atom is 0.220 e. The van der Waals surface area contributed by atoms with Gasteiger partial charge in [0, 0.05) is 32.1 Å². The van der Waals surface area contributed by atoms with Crippen LogP contribution in [0, 0.1) is 0 Å². The average Bonchev–Trinajstić information content (AvgIpc) is 2.16. The van der Waals surface area contributed by atoms with Gasteiger partial charge in [-0.1, -0.05) is 0 Å². The summed E-state index contributed by atoms with van der Waals surface area (Å²) in [5, 5.41) is 15.7. The Hall–Kier alpha value is -0.650. The zero-order chi connectivity index (χ0) is 11.3. The normalized spacial score (nSPS) is 24.0. The smallest absolute Gasteiger partial charge is 0.220 e. The Morgan fingerprint density at radius 3 is 2.93 bits per heavy atom. The number of aliphatic hydroxyl groups excluding tert-OH is 1. The number of piperidine rings is 1. The topological polar surface area (TPSA) is 64.6 Å². The fourth-order valence-electron chi connectivity index (χ4n) is 1.70. The molecule has 0 radical (unpaired) electrons. The number of likely N-dealkylation sites (N-methyl/N-ethyl adjacent to an activating group) is 1.